The highest BCUT2D eigenvalue weighted by Gasteiger charge is 2.20. The van der Waals surface area contributed by atoms with Gasteiger partial charge in [0.15, 0.2) is 17.2 Å². The largest absolute Gasteiger partial charge is 0.493 e. The number of aliphatic imine (C=N–C) groups is 1. The van der Waals surface area contributed by atoms with Crippen LogP contribution in [0, 0.1) is 11.3 Å². The molecule has 2 aromatic carbocycles. The second kappa shape index (κ2) is 13.3. The summed E-state index contributed by atoms with van der Waals surface area (Å²) in [5.41, 5.74) is 2.78. The third-order valence-corrected chi connectivity index (χ3v) is 6.35. The van der Waals surface area contributed by atoms with Gasteiger partial charge < -0.3 is 19.5 Å². The molecule has 11 heteroatoms. The van der Waals surface area contributed by atoms with Gasteiger partial charge in [0.05, 0.1) is 52.2 Å². The van der Waals surface area contributed by atoms with Crippen LogP contribution in [0.2, 0.25) is 0 Å². The fourth-order valence-electron chi connectivity index (χ4n) is 3.64. The van der Waals surface area contributed by atoms with Crippen molar-refractivity contribution in [1.29, 1.82) is 5.26 Å². The van der Waals surface area contributed by atoms with Gasteiger partial charge in [0.1, 0.15) is 11.1 Å². The predicted molar refractivity (Wildman–Crippen MR) is 143 cm³/mol. The van der Waals surface area contributed by atoms with Gasteiger partial charge in [-0.2, -0.15) is 5.26 Å². The van der Waals surface area contributed by atoms with E-state index in [0.717, 1.165) is 22.6 Å². The highest BCUT2D eigenvalue weighted by Crippen LogP contribution is 2.41. The molecule has 10 nitrogen and oxygen atoms in total. The fraction of sp³-hybridized carbons (Fsp3) is 0.346. The summed E-state index contributed by atoms with van der Waals surface area (Å²) in [4.78, 5) is 17.4. The van der Waals surface area contributed by atoms with Crippen LogP contribution in [0.5, 0.6) is 17.2 Å². The van der Waals surface area contributed by atoms with Gasteiger partial charge in [0, 0.05) is 0 Å². The molecular weight excluding hydrogens is 492 g/mol. The molecule has 1 amide bonds. The molecule has 0 bridgehead atoms. The number of aryl methyl sites for hydroxylation is 1. The van der Waals surface area contributed by atoms with Crippen molar-refractivity contribution in [2.24, 2.45) is 4.99 Å². The van der Waals surface area contributed by atoms with Gasteiger partial charge in [0.25, 0.3) is 5.91 Å². The van der Waals surface area contributed by atoms with Gasteiger partial charge >= 0.3 is 0 Å². The monoisotopic (exact) mass is 522 g/mol. The third-order valence-electron chi connectivity index (χ3n) is 5.61. The molecule has 1 N–H and O–H groups in total. The lowest BCUT2D eigenvalue weighted by molar-refractivity contribution is 0.0940. The minimum Gasteiger partial charge on any atom is -0.493 e. The molecule has 0 spiro atoms. The van der Waals surface area contributed by atoms with Crippen molar-refractivity contribution in [3.63, 3.8) is 0 Å². The van der Waals surface area contributed by atoms with Crippen LogP contribution < -0.4 is 19.5 Å². The van der Waals surface area contributed by atoms with Crippen LogP contribution in [-0.4, -0.2) is 60.1 Å². The minimum atomic E-state index is -0.784. The van der Waals surface area contributed by atoms with Gasteiger partial charge in [-0.05, 0) is 35.9 Å². The maximum atomic E-state index is 12.7. The Labute approximate surface area is 220 Å². The number of ether oxygens (including phenoxy) is 3. The standard InChI is InChI=1S/C26H30N6O4S/c1-6-17-7-9-18(10-8-17)20(15-27)29-25(33)21-16-32(31-30-21)14-13-28-26(37-5)19-11-12-22(34-2)24(36-4)23(19)35-3/h7-12,16,20H,6,13-14H2,1-5H3,(H,29,33)/b28-26-. The van der Waals surface area contributed by atoms with Crippen LogP contribution >= 0.6 is 11.8 Å². The van der Waals surface area contributed by atoms with Crippen LogP contribution in [0.1, 0.15) is 40.1 Å². The van der Waals surface area contributed by atoms with Crippen LogP contribution in [0.3, 0.4) is 0 Å². The first kappa shape index (κ1) is 27.5. The van der Waals surface area contributed by atoms with Crippen molar-refractivity contribution in [2.75, 3.05) is 34.1 Å². The van der Waals surface area contributed by atoms with Gasteiger partial charge in [0.2, 0.25) is 5.75 Å². The number of benzene rings is 2. The SMILES string of the molecule is CCc1ccc(C(C#N)NC(=O)c2cn(CC/N=C(\SC)c3ccc(OC)c(OC)c3OC)nn2)cc1. The van der Waals surface area contributed by atoms with E-state index in [0.29, 0.717) is 35.9 Å². The van der Waals surface area contributed by atoms with Crippen LogP contribution in [0.4, 0.5) is 0 Å². The van der Waals surface area contributed by atoms with E-state index in [9.17, 15) is 10.1 Å². The van der Waals surface area contributed by atoms with E-state index in [1.54, 1.807) is 32.1 Å². The summed E-state index contributed by atoms with van der Waals surface area (Å²) >= 11 is 1.47. The van der Waals surface area contributed by atoms with Crippen molar-refractivity contribution in [1.82, 2.24) is 20.3 Å². The topological polar surface area (TPSA) is 124 Å². The van der Waals surface area contributed by atoms with Crippen molar-refractivity contribution in [2.45, 2.75) is 25.9 Å². The quantitative estimate of drug-likeness (QED) is 0.299. The molecule has 1 unspecified atom stereocenters. The maximum Gasteiger partial charge on any atom is 0.274 e. The average molecular weight is 523 g/mol. The Morgan fingerprint density at radius 1 is 1.14 bits per heavy atom. The number of nitrogens with one attached hydrogen (secondary N) is 1. The smallest absolute Gasteiger partial charge is 0.274 e. The lowest BCUT2D eigenvalue weighted by Crippen LogP contribution is -2.28. The van der Waals surface area contributed by atoms with E-state index in [1.807, 2.05) is 36.6 Å². The summed E-state index contributed by atoms with van der Waals surface area (Å²) in [5.74, 6) is 1.12. The van der Waals surface area contributed by atoms with E-state index in [2.05, 4.69) is 33.6 Å². The first-order valence-corrected chi connectivity index (χ1v) is 12.8. The van der Waals surface area contributed by atoms with Gasteiger partial charge in [-0.1, -0.05) is 36.4 Å². The Kier molecular flexibility index (Phi) is 9.92. The highest BCUT2D eigenvalue weighted by atomic mass is 32.2. The summed E-state index contributed by atoms with van der Waals surface area (Å²) in [6, 6.07) is 12.6. The zero-order valence-electron chi connectivity index (χ0n) is 21.5. The van der Waals surface area contributed by atoms with Crippen molar-refractivity contribution in [3.05, 3.63) is 65.0 Å². The zero-order valence-corrected chi connectivity index (χ0v) is 22.3. The highest BCUT2D eigenvalue weighted by molar-refractivity contribution is 8.13. The lowest BCUT2D eigenvalue weighted by atomic mass is 10.0. The summed E-state index contributed by atoms with van der Waals surface area (Å²) < 4.78 is 17.9. The molecule has 1 aromatic heterocycles. The maximum absolute atomic E-state index is 12.7. The van der Waals surface area contributed by atoms with E-state index in [1.165, 1.54) is 18.0 Å². The van der Waals surface area contributed by atoms with E-state index in [4.69, 9.17) is 14.2 Å². The number of nitrogens with zero attached hydrogens (tertiary/aromatic N) is 5. The summed E-state index contributed by atoms with van der Waals surface area (Å²) in [6.07, 6.45) is 4.36. The molecule has 1 atom stereocenters. The van der Waals surface area contributed by atoms with Crippen LogP contribution in [0.15, 0.2) is 47.6 Å². The molecular formula is C26H30N6O4S. The van der Waals surface area contributed by atoms with Crippen molar-refractivity contribution >= 4 is 22.7 Å². The fourth-order valence-corrected chi connectivity index (χ4v) is 4.24. The second-order valence-electron chi connectivity index (χ2n) is 7.77. The van der Waals surface area contributed by atoms with Crippen LogP contribution in [0.25, 0.3) is 0 Å². The Morgan fingerprint density at radius 2 is 1.86 bits per heavy atom. The molecule has 1 heterocycles. The summed E-state index contributed by atoms with van der Waals surface area (Å²) in [5, 5.41) is 21.0. The molecule has 194 valence electrons. The predicted octanol–water partition coefficient (Wildman–Crippen LogP) is 3.67. The Bertz CT molecular complexity index is 1280. The first-order valence-electron chi connectivity index (χ1n) is 11.6. The lowest BCUT2D eigenvalue weighted by Gasteiger charge is -2.16. The van der Waals surface area contributed by atoms with Crippen molar-refractivity contribution < 1.29 is 19.0 Å². The number of aromatic nitrogens is 3. The molecule has 3 rings (SSSR count). The average Bonchev–Trinajstić information content (AvgIpc) is 3.42. The summed E-state index contributed by atoms with van der Waals surface area (Å²) in [7, 11) is 4.69. The number of thioether (sulfide) groups is 1. The van der Waals surface area contributed by atoms with Crippen LogP contribution in [-0.2, 0) is 13.0 Å². The second-order valence-corrected chi connectivity index (χ2v) is 8.57. The molecule has 0 fully saturated rings. The minimum absolute atomic E-state index is 0.126. The number of carbonyl (C=O) groups excluding carboxylic acids is 1. The van der Waals surface area contributed by atoms with E-state index < -0.39 is 11.9 Å². The Morgan fingerprint density at radius 3 is 2.46 bits per heavy atom. The number of hydrogen-bond acceptors (Lipinski definition) is 9. The first-order chi connectivity index (χ1) is 18.0. The number of carbonyl (C=O) groups is 1. The molecule has 0 radical (unpaired) electrons. The molecule has 0 aliphatic heterocycles. The molecule has 37 heavy (non-hydrogen) atoms. The van der Waals surface area contributed by atoms with E-state index >= 15 is 0 Å². The van der Waals surface area contributed by atoms with Crippen molar-refractivity contribution in [3.8, 4) is 23.3 Å². The summed E-state index contributed by atoms with van der Waals surface area (Å²) in [6.45, 7) is 2.85. The number of amides is 1. The third kappa shape index (κ3) is 6.59. The van der Waals surface area contributed by atoms with Gasteiger partial charge in [-0.3, -0.25) is 9.79 Å². The van der Waals surface area contributed by atoms with E-state index in [-0.39, 0.29) is 5.69 Å². The number of hydrogen-bond donors (Lipinski definition) is 1. The zero-order chi connectivity index (χ0) is 26.8. The molecule has 3 aromatic rings. The van der Waals surface area contributed by atoms with Gasteiger partial charge in [-0.15, -0.1) is 16.9 Å². The number of methoxy groups -OCH3 is 3. The number of nitriles is 1. The Balaban J connectivity index is 1.68. The molecule has 0 aliphatic rings. The Hall–Kier alpha value is -4.04. The molecule has 0 aliphatic carbocycles. The molecule has 0 saturated heterocycles. The molecule has 0 saturated carbocycles. The normalized spacial score (nSPS) is 11.9. The number of rotatable bonds is 11. The van der Waals surface area contributed by atoms with Gasteiger partial charge in [-0.25, -0.2) is 4.68 Å².